The lowest BCUT2D eigenvalue weighted by Crippen LogP contribution is -2.30. The lowest BCUT2D eigenvalue weighted by atomic mass is 10.2. The largest absolute Gasteiger partial charge is 0.448 e. The smallest absolute Gasteiger partial charge is 0.443 e. The summed E-state index contributed by atoms with van der Waals surface area (Å²) in [6, 6.07) is 8.40. The molecule has 0 heterocycles. The van der Waals surface area contributed by atoms with Crippen molar-refractivity contribution in [1.82, 2.24) is 5.06 Å². The SMILES string of the molecule is CCOC(=O)N(C)OC(=O)c1ccccc1. The molecular weight excluding hydrogens is 210 g/mol. The van der Waals surface area contributed by atoms with Gasteiger partial charge in [-0.15, -0.1) is 5.06 Å². The third-order valence-corrected chi connectivity index (χ3v) is 1.75. The molecule has 1 aromatic rings. The number of benzene rings is 1. The summed E-state index contributed by atoms with van der Waals surface area (Å²) in [5, 5.41) is 0.763. The van der Waals surface area contributed by atoms with Gasteiger partial charge < -0.3 is 9.57 Å². The normalized spacial score (nSPS) is 9.38. The molecule has 0 fully saturated rings. The van der Waals surface area contributed by atoms with Crippen LogP contribution >= 0.6 is 0 Å². The predicted octanol–water partition coefficient (Wildman–Crippen LogP) is 1.85. The maximum atomic E-state index is 11.5. The summed E-state index contributed by atoms with van der Waals surface area (Å²) in [7, 11) is 1.32. The Morgan fingerprint density at radius 3 is 2.44 bits per heavy atom. The maximum Gasteiger partial charge on any atom is 0.443 e. The van der Waals surface area contributed by atoms with Crippen LogP contribution in [0.1, 0.15) is 17.3 Å². The lowest BCUT2D eigenvalue weighted by Gasteiger charge is -2.15. The van der Waals surface area contributed by atoms with Crippen molar-refractivity contribution in [3.8, 4) is 0 Å². The van der Waals surface area contributed by atoms with E-state index in [2.05, 4.69) is 4.74 Å². The first-order valence-electron chi connectivity index (χ1n) is 4.83. The van der Waals surface area contributed by atoms with E-state index in [-0.39, 0.29) is 6.61 Å². The number of carbonyl (C=O) groups is 2. The van der Waals surface area contributed by atoms with Crippen molar-refractivity contribution in [1.29, 1.82) is 0 Å². The Labute approximate surface area is 93.5 Å². The van der Waals surface area contributed by atoms with Crippen molar-refractivity contribution in [2.45, 2.75) is 6.92 Å². The number of hydrogen-bond acceptors (Lipinski definition) is 4. The molecule has 0 spiro atoms. The van der Waals surface area contributed by atoms with E-state index in [9.17, 15) is 9.59 Å². The standard InChI is InChI=1S/C11H13NO4/c1-3-15-11(14)12(2)16-10(13)9-7-5-4-6-8-9/h4-8H,3H2,1-2H3. The summed E-state index contributed by atoms with van der Waals surface area (Å²) in [5.74, 6) is -0.601. The van der Waals surface area contributed by atoms with Gasteiger partial charge in [-0.25, -0.2) is 9.59 Å². The Hall–Kier alpha value is -2.04. The number of nitrogens with zero attached hydrogens (tertiary/aromatic N) is 1. The minimum atomic E-state index is -0.702. The van der Waals surface area contributed by atoms with E-state index in [4.69, 9.17) is 4.84 Å². The fourth-order valence-electron chi connectivity index (χ4n) is 1.00. The van der Waals surface area contributed by atoms with Crippen molar-refractivity contribution < 1.29 is 19.2 Å². The molecule has 0 radical (unpaired) electrons. The van der Waals surface area contributed by atoms with Gasteiger partial charge in [0, 0.05) is 0 Å². The number of amides is 1. The Morgan fingerprint density at radius 2 is 1.88 bits per heavy atom. The van der Waals surface area contributed by atoms with Crippen LogP contribution in [-0.4, -0.2) is 30.8 Å². The molecule has 0 aliphatic rings. The van der Waals surface area contributed by atoms with Gasteiger partial charge in [-0.3, -0.25) is 0 Å². The van der Waals surface area contributed by atoms with Gasteiger partial charge >= 0.3 is 12.1 Å². The molecule has 1 rings (SSSR count). The minimum absolute atomic E-state index is 0.228. The second-order valence-corrected chi connectivity index (χ2v) is 2.94. The highest BCUT2D eigenvalue weighted by molar-refractivity contribution is 5.89. The van der Waals surface area contributed by atoms with Gasteiger partial charge in [0.05, 0.1) is 19.2 Å². The van der Waals surface area contributed by atoms with Crippen LogP contribution in [0.15, 0.2) is 30.3 Å². The van der Waals surface area contributed by atoms with Crippen LogP contribution in [0, 0.1) is 0 Å². The molecule has 0 saturated carbocycles. The Bertz CT molecular complexity index is 364. The zero-order valence-electron chi connectivity index (χ0n) is 9.17. The molecule has 0 aliphatic carbocycles. The fourth-order valence-corrected chi connectivity index (χ4v) is 1.00. The first-order chi connectivity index (χ1) is 7.65. The van der Waals surface area contributed by atoms with Gasteiger partial charge in [0.15, 0.2) is 0 Å². The van der Waals surface area contributed by atoms with E-state index in [1.807, 2.05) is 0 Å². The van der Waals surface area contributed by atoms with E-state index >= 15 is 0 Å². The second-order valence-electron chi connectivity index (χ2n) is 2.94. The van der Waals surface area contributed by atoms with Crippen molar-refractivity contribution in [3.63, 3.8) is 0 Å². The second kappa shape index (κ2) is 5.75. The summed E-state index contributed by atoms with van der Waals surface area (Å²) in [4.78, 5) is 27.4. The summed E-state index contributed by atoms with van der Waals surface area (Å²) >= 11 is 0. The number of hydroxylamine groups is 2. The van der Waals surface area contributed by atoms with Gasteiger partial charge in [-0.05, 0) is 19.1 Å². The van der Waals surface area contributed by atoms with E-state index in [1.165, 1.54) is 7.05 Å². The van der Waals surface area contributed by atoms with Gasteiger partial charge in [-0.2, -0.15) is 0 Å². The third-order valence-electron chi connectivity index (χ3n) is 1.75. The summed E-state index contributed by atoms with van der Waals surface area (Å²) in [5.41, 5.74) is 0.374. The number of rotatable bonds is 2. The Balaban J connectivity index is 2.55. The van der Waals surface area contributed by atoms with Crippen LogP contribution in [0.25, 0.3) is 0 Å². The topological polar surface area (TPSA) is 55.8 Å². The van der Waals surface area contributed by atoms with E-state index < -0.39 is 12.1 Å². The molecule has 0 aromatic heterocycles. The van der Waals surface area contributed by atoms with E-state index in [0.29, 0.717) is 5.56 Å². The molecule has 0 saturated heterocycles. The zero-order chi connectivity index (χ0) is 12.0. The van der Waals surface area contributed by atoms with Gasteiger partial charge in [0.2, 0.25) is 0 Å². The molecule has 0 aliphatic heterocycles. The maximum absolute atomic E-state index is 11.5. The van der Waals surface area contributed by atoms with Gasteiger partial charge in [-0.1, -0.05) is 18.2 Å². The summed E-state index contributed by atoms with van der Waals surface area (Å²) in [6.45, 7) is 1.90. The van der Waals surface area contributed by atoms with Crippen molar-refractivity contribution in [2.24, 2.45) is 0 Å². The van der Waals surface area contributed by atoms with Crippen LogP contribution in [0.4, 0.5) is 4.79 Å². The molecule has 0 atom stereocenters. The molecule has 0 unspecified atom stereocenters. The first-order valence-corrected chi connectivity index (χ1v) is 4.83. The molecule has 5 heteroatoms. The predicted molar refractivity (Wildman–Crippen MR) is 56.6 cm³/mol. The van der Waals surface area contributed by atoms with Crippen molar-refractivity contribution in [2.75, 3.05) is 13.7 Å². The van der Waals surface area contributed by atoms with Crippen molar-refractivity contribution >= 4 is 12.1 Å². The summed E-state index contributed by atoms with van der Waals surface area (Å²) < 4.78 is 4.65. The molecule has 1 aromatic carbocycles. The molecule has 1 amide bonds. The van der Waals surface area contributed by atoms with E-state index in [0.717, 1.165) is 5.06 Å². The quantitative estimate of drug-likeness (QED) is 0.718. The highest BCUT2D eigenvalue weighted by Crippen LogP contribution is 2.03. The average Bonchev–Trinajstić information content (AvgIpc) is 2.30. The van der Waals surface area contributed by atoms with E-state index in [1.54, 1.807) is 37.3 Å². The van der Waals surface area contributed by atoms with Crippen LogP contribution in [0.2, 0.25) is 0 Å². The van der Waals surface area contributed by atoms with Gasteiger partial charge in [0.25, 0.3) is 0 Å². The van der Waals surface area contributed by atoms with Crippen LogP contribution < -0.4 is 0 Å². The summed E-state index contributed by atoms with van der Waals surface area (Å²) in [6.07, 6.45) is -0.702. The molecule has 16 heavy (non-hydrogen) atoms. The fraction of sp³-hybridized carbons (Fsp3) is 0.273. The minimum Gasteiger partial charge on any atom is -0.448 e. The highest BCUT2D eigenvalue weighted by atomic mass is 16.7. The van der Waals surface area contributed by atoms with Crippen LogP contribution in [0.3, 0.4) is 0 Å². The average molecular weight is 223 g/mol. The van der Waals surface area contributed by atoms with Crippen molar-refractivity contribution in [3.05, 3.63) is 35.9 Å². The lowest BCUT2D eigenvalue weighted by molar-refractivity contribution is -0.0770. The number of ether oxygens (including phenoxy) is 1. The number of carbonyl (C=O) groups excluding carboxylic acids is 2. The third kappa shape index (κ3) is 3.27. The molecule has 86 valence electrons. The molecular formula is C11H13NO4. The first kappa shape index (κ1) is 12.0. The molecule has 0 bridgehead atoms. The highest BCUT2D eigenvalue weighted by Gasteiger charge is 2.15. The molecule has 0 N–H and O–H groups in total. The van der Waals surface area contributed by atoms with Gasteiger partial charge in [0.1, 0.15) is 0 Å². The van der Waals surface area contributed by atoms with Crippen LogP contribution in [0.5, 0.6) is 0 Å². The molecule has 5 nitrogen and oxygen atoms in total. The Kier molecular flexibility index (Phi) is 4.32. The monoisotopic (exact) mass is 223 g/mol. The van der Waals surface area contributed by atoms with Crippen LogP contribution in [-0.2, 0) is 9.57 Å². The number of hydrogen-bond donors (Lipinski definition) is 0. The zero-order valence-corrected chi connectivity index (χ0v) is 9.17. The Morgan fingerprint density at radius 1 is 1.25 bits per heavy atom.